The van der Waals surface area contributed by atoms with E-state index < -0.39 is 0 Å². The minimum atomic E-state index is 0.347. The third-order valence-corrected chi connectivity index (χ3v) is 4.58. The molecule has 0 amide bonds. The molecule has 4 rings (SSSR count). The molecular weight excluding hydrogens is 248 g/mol. The Hall–Kier alpha value is -1.68. The Kier molecular flexibility index (Phi) is 2.84. The van der Waals surface area contributed by atoms with Gasteiger partial charge in [-0.15, -0.1) is 10.2 Å². The summed E-state index contributed by atoms with van der Waals surface area (Å²) in [5, 5.41) is 12.4. The lowest BCUT2D eigenvalue weighted by molar-refractivity contribution is 0.407. The third kappa shape index (κ3) is 1.79. The summed E-state index contributed by atoms with van der Waals surface area (Å²) in [7, 11) is 0. The molecule has 0 fully saturated rings. The molecule has 0 spiro atoms. The summed E-state index contributed by atoms with van der Waals surface area (Å²) in [6.07, 6.45) is 4.79. The van der Waals surface area contributed by atoms with Gasteiger partial charge in [-0.3, -0.25) is 0 Å². The summed E-state index contributed by atoms with van der Waals surface area (Å²) in [4.78, 5) is 0. The van der Waals surface area contributed by atoms with Crippen LogP contribution in [0.3, 0.4) is 0 Å². The van der Waals surface area contributed by atoms with Crippen LogP contribution in [0.5, 0.6) is 0 Å². The predicted octanol–water partition coefficient (Wildman–Crippen LogP) is 2.49. The lowest BCUT2D eigenvalue weighted by Gasteiger charge is -2.24. The Morgan fingerprint density at radius 3 is 3.05 bits per heavy atom. The molecule has 0 saturated carbocycles. The third-order valence-electron chi connectivity index (χ3n) is 4.58. The number of fused-ring (bicyclic) bond motifs is 2. The van der Waals surface area contributed by atoms with E-state index in [9.17, 15) is 0 Å². The van der Waals surface area contributed by atoms with Crippen molar-refractivity contribution in [2.45, 2.75) is 45.2 Å². The topological polar surface area (TPSA) is 42.7 Å². The molecule has 4 heteroatoms. The van der Waals surface area contributed by atoms with Gasteiger partial charge in [-0.25, -0.2) is 0 Å². The van der Waals surface area contributed by atoms with Crippen LogP contribution in [0, 0.1) is 0 Å². The normalized spacial score (nSPS) is 20.8. The van der Waals surface area contributed by atoms with Gasteiger partial charge in [0.25, 0.3) is 0 Å². The highest BCUT2D eigenvalue weighted by molar-refractivity contribution is 5.59. The second kappa shape index (κ2) is 4.70. The van der Waals surface area contributed by atoms with Crippen LogP contribution in [-0.4, -0.2) is 21.3 Å². The molecular formula is C16H20N4. The summed E-state index contributed by atoms with van der Waals surface area (Å²) < 4.78 is 2.29. The molecule has 1 aliphatic carbocycles. The molecule has 1 unspecified atom stereocenters. The highest BCUT2D eigenvalue weighted by Crippen LogP contribution is 2.29. The van der Waals surface area contributed by atoms with Crippen LogP contribution < -0.4 is 5.32 Å². The Morgan fingerprint density at radius 1 is 1.25 bits per heavy atom. The lowest BCUT2D eigenvalue weighted by atomic mass is 10.1. The molecule has 0 bridgehead atoms. The monoisotopic (exact) mass is 268 g/mol. The number of nitrogens with one attached hydrogen (secondary N) is 1. The number of aryl methyl sites for hydroxylation is 2. The molecule has 104 valence electrons. The van der Waals surface area contributed by atoms with Crippen molar-refractivity contribution in [1.82, 2.24) is 20.1 Å². The van der Waals surface area contributed by atoms with E-state index in [2.05, 4.69) is 45.2 Å². The first kappa shape index (κ1) is 12.1. The number of hydrogen-bond acceptors (Lipinski definition) is 3. The molecule has 2 heterocycles. The Balaban J connectivity index is 1.78. The standard InChI is InChI=1S/C16H20N4/c1-2-14-16-19-18-15(20(16)9-8-17-14)13-7-6-11-4-3-5-12(11)10-13/h6-7,10,14,17H,2-5,8-9H2,1H3. The van der Waals surface area contributed by atoms with E-state index in [1.807, 2.05) is 0 Å². The lowest BCUT2D eigenvalue weighted by Crippen LogP contribution is -2.33. The summed E-state index contributed by atoms with van der Waals surface area (Å²) >= 11 is 0. The molecule has 1 atom stereocenters. The molecule has 1 aromatic heterocycles. The van der Waals surface area contributed by atoms with E-state index in [0.29, 0.717) is 6.04 Å². The molecule has 20 heavy (non-hydrogen) atoms. The number of benzene rings is 1. The second-order valence-corrected chi connectivity index (χ2v) is 5.79. The van der Waals surface area contributed by atoms with Gasteiger partial charge in [-0.1, -0.05) is 19.1 Å². The van der Waals surface area contributed by atoms with Crippen molar-refractivity contribution in [2.24, 2.45) is 0 Å². The molecule has 1 N–H and O–H groups in total. The predicted molar refractivity (Wildman–Crippen MR) is 78.5 cm³/mol. The summed E-state index contributed by atoms with van der Waals surface area (Å²) in [6.45, 7) is 4.16. The molecule has 2 aromatic rings. The first-order valence-electron chi connectivity index (χ1n) is 7.65. The fraction of sp³-hybridized carbons (Fsp3) is 0.500. The average molecular weight is 268 g/mol. The van der Waals surface area contributed by atoms with Gasteiger partial charge in [0.1, 0.15) is 0 Å². The van der Waals surface area contributed by atoms with Crippen molar-refractivity contribution in [3.05, 3.63) is 35.2 Å². The van der Waals surface area contributed by atoms with E-state index in [1.54, 1.807) is 0 Å². The summed E-state index contributed by atoms with van der Waals surface area (Å²) in [6, 6.07) is 7.16. The first-order valence-corrected chi connectivity index (χ1v) is 7.65. The molecule has 1 aliphatic heterocycles. The highest BCUT2D eigenvalue weighted by Gasteiger charge is 2.24. The number of rotatable bonds is 2. The fourth-order valence-electron chi connectivity index (χ4n) is 3.49. The smallest absolute Gasteiger partial charge is 0.164 e. The first-order chi connectivity index (χ1) is 9.86. The minimum absolute atomic E-state index is 0.347. The van der Waals surface area contributed by atoms with Crippen molar-refractivity contribution in [3.8, 4) is 11.4 Å². The zero-order valence-electron chi connectivity index (χ0n) is 11.9. The van der Waals surface area contributed by atoms with Gasteiger partial charge in [-0.2, -0.15) is 0 Å². The van der Waals surface area contributed by atoms with Gasteiger partial charge in [0.2, 0.25) is 0 Å². The van der Waals surface area contributed by atoms with Crippen LogP contribution in [0.25, 0.3) is 11.4 Å². The summed E-state index contributed by atoms with van der Waals surface area (Å²) in [5.74, 6) is 2.13. The molecule has 4 nitrogen and oxygen atoms in total. The van der Waals surface area contributed by atoms with E-state index in [1.165, 1.54) is 36.0 Å². The number of aromatic nitrogens is 3. The average Bonchev–Trinajstić information content (AvgIpc) is 3.12. The Bertz CT molecular complexity index is 644. The van der Waals surface area contributed by atoms with Crippen LogP contribution in [0.15, 0.2) is 18.2 Å². The van der Waals surface area contributed by atoms with Crippen LogP contribution in [0.2, 0.25) is 0 Å². The maximum atomic E-state index is 4.46. The van der Waals surface area contributed by atoms with E-state index >= 15 is 0 Å². The van der Waals surface area contributed by atoms with Crippen LogP contribution in [-0.2, 0) is 19.4 Å². The van der Waals surface area contributed by atoms with Crippen molar-refractivity contribution in [2.75, 3.05) is 6.54 Å². The maximum Gasteiger partial charge on any atom is 0.164 e. The van der Waals surface area contributed by atoms with Crippen molar-refractivity contribution >= 4 is 0 Å². The maximum absolute atomic E-state index is 4.46. The number of nitrogens with zero attached hydrogens (tertiary/aromatic N) is 3. The molecule has 1 aromatic carbocycles. The van der Waals surface area contributed by atoms with Crippen molar-refractivity contribution in [3.63, 3.8) is 0 Å². The van der Waals surface area contributed by atoms with Crippen LogP contribution in [0.4, 0.5) is 0 Å². The summed E-state index contributed by atoms with van der Waals surface area (Å²) in [5.41, 5.74) is 4.24. The van der Waals surface area contributed by atoms with Gasteiger partial charge in [0.05, 0.1) is 6.04 Å². The fourth-order valence-corrected chi connectivity index (χ4v) is 3.49. The van der Waals surface area contributed by atoms with Crippen molar-refractivity contribution in [1.29, 1.82) is 0 Å². The van der Waals surface area contributed by atoms with Gasteiger partial charge < -0.3 is 9.88 Å². The minimum Gasteiger partial charge on any atom is -0.308 e. The van der Waals surface area contributed by atoms with Crippen LogP contribution >= 0.6 is 0 Å². The highest BCUT2D eigenvalue weighted by atomic mass is 15.3. The SMILES string of the molecule is CCC1NCCn2c(-c3ccc4c(c3)CCC4)nnc21. The zero-order chi connectivity index (χ0) is 13.5. The van der Waals surface area contributed by atoms with Crippen LogP contribution in [0.1, 0.15) is 42.8 Å². The number of hydrogen-bond donors (Lipinski definition) is 1. The molecule has 2 aliphatic rings. The van der Waals surface area contributed by atoms with Gasteiger partial charge in [0.15, 0.2) is 11.6 Å². The quantitative estimate of drug-likeness (QED) is 0.910. The Morgan fingerprint density at radius 2 is 2.15 bits per heavy atom. The Labute approximate surface area is 119 Å². The van der Waals surface area contributed by atoms with E-state index in [0.717, 1.165) is 31.2 Å². The van der Waals surface area contributed by atoms with Crippen molar-refractivity contribution < 1.29 is 0 Å². The van der Waals surface area contributed by atoms with Gasteiger partial charge >= 0.3 is 0 Å². The zero-order valence-corrected chi connectivity index (χ0v) is 11.9. The van der Waals surface area contributed by atoms with E-state index in [-0.39, 0.29) is 0 Å². The van der Waals surface area contributed by atoms with E-state index in [4.69, 9.17) is 0 Å². The van der Waals surface area contributed by atoms with Gasteiger partial charge in [-0.05, 0) is 42.9 Å². The van der Waals surface area contributed by atoms with Gasteiger partial charge in [0, 0.05) is 18.7 Å². The largest absolute Gasteiger partial charge is 0.308 e. The molecule has 0 saturated heterocycles. The second-order valence-electron chi connectivity index (χ2n) is 5.79. The molecule has 0 radical (unpaired) electrons.